The van der Waals surface area contributed by atoms with E-state index in [0.717, 1.165) is 34.8 Å². The zero-order valence-corrected chi connectivity index (χ0v) is 21.6. The van der Waals surface area contributed by atoms with Crippen LogP contribution in [-0.4, -0.2) is 35.4 Å². The maximum atomic E-state index is 13.2. The summed E-state index contributed by atoms with van der Waals surface area (Å²) in [5.41, 5.74) is 0.719. The van der Waals surface area contributed by atoms with Gasteiger partial charge in [-0.15, -0.1) is 0 Å². The molecule has 2 amide bonds. The average Bonchev–Trinajstić information content (AvgIpc) is 2.78. The molecule has 1 saturated carbocycles. The van der Waals surface area contributed by atoms with Crippen molar-refractivity contribution < 1.29 is 14.3 Å². The van der Waals surface area contributed by atoms with Crippen molar-refractivity contribution in [1.29, 1.82) is 0 Å². The highest BCUT2D eigenvalue weighted by Gasteiger charge is 2.29. The summed E-state index contributed by atoms with van der Waals surface area (Å²) in [5, 5.41) is 4.08. The van der Waals surface area contributed by atoms with Crippen LogP contribution in [-0.2, 0) is 16.1 Å². The van der Waals surface area contributed by atoms with Gasteiger partial charge in [-0.2, -0.15) is 0 Å². The van der Waals surface area contributed by atoms with Crippen LogP contribution >= 0.6 is 45.8 Å². The topological polar surface area (TPSA) is 58.6 Å². The number of carbonyl (C=O) groups excluding carboxylic acids is 2. The molecule has 1 fully saturated rings. The quantitative estimate of drug-likeness (QED) is 0.394. The Morgan fingerprint density at radius 2 is 1.81 bits per heavy atom. The van der Waals surface area contributed by atoms with E-state index < -0.39 is 6.04 Å². The van der Waals surface area contributed by atoms with Crippen molar-refractivity contribution in [3.05, 3.63) is 61.6 Å². The summed E-state index contributed by atoms with van der Waals surface area (Å²) in [5.74, 6) is 0.146. The minimum atomic E-state index is -0.670. The van der Waals surface area contributed by atoms with Crippen molar-refractivity contribution in [3.63, 3.8) is 0 Å². The molecule has 1 atom stereocenters. The average molecular weight is 589 g/mol. The molecule has 3 rings (SSSR count). The second kappa shape index (κ2) is 12.1. The Morgan fingerprint density at radius 1 is 1.12 bits per heavy atom. The molecule has 0 radical (unpaired) electrons. The van der Waals surface area contributed by atoms with E-state index in [1.54, 1.807) is 25.1 Å². The van der Waals surface area contributed by atoms with Gasteiger partial charge in [-0.3, -0.25) is 9.59 Å². The molecule has 0 heterocycles. The lowest BCUT2D eigenvalue weighted by molar-refractivity contribution is -0.142. The number of amides is 2. The number of nitrogens with zero attached hydrogens (tertiary/aromatic N) is 1. The van der Waals surface area contributed by atoms with Gasteiger partial charge in [0, 0.05) is 26.2 Å². The van der Waals surface area contributed by atoms with E-state index in [0.29, 0.717) is 15.8 Å². The normalized spacial score (nSPS) is 15.1. The van der Waals surface area contributed by atoms with Crippen LogP contribution < -0.4 is 10.1 Å². The molecular weight excluding hydrogens is 562 g/mol. The van der Waals surface area contributed by atoms with Crippen LogP contribution in [0.2, 0.25) is 10.0 Å². The summed E-state index contributed by atoms with van der Waals surface area (Å²) in [6.07, 6.45) is 5.40. The fourth-order valence-electron chi connectivity index (χ4n) is 3.74. The molecule has 2 aromatic carbocycles. The summed E-state index contributed by atoms with van der Waals surface area (Å²) in [7, 11) is 0. The van der Waals surface area contributed by atoms with Crippen molar-refractivity contribution in [1.82, 2.24) is 10.2 Å². The molecule has 0 unspecified atom stereocenters. The number of hydrogen-bond acceptors (Lipinski definition) is 3. The Labute approximate surface area is 212 Å². The first-order valence-electron chi connectivity index (χ1n) is 10.8. The SMILES string of the molecule is C[C@H](C(=O)NC1CCCCC1)N(Cc1ccc(Cl)cc1Cl)C(=O)COc1ccc(I)cc1. The fraction of sp³-hybridized carbons (Fsp3) is 0.417. The zero-order valence-electron chi connectivity index (χ0n) is 18.0. The fourth-order valence-corrected chi connectivity index (χ4v) is 4.57. The third-order valence-electron chi connectivity index (χ3n) is 5.65. The minimum absolute atomic E-state index is 0.162. The third kappa shape index (κ3) is 7.25. The van der Waals surface area contributed by atoms with Crippen LogP contribution in [0.3, 0.4) is 0 Å². The third-order valence-corrected chi connectivity index (χ3v) is 6.96. The number of carbonyl (C=O) groups is 2. The molecule has 1 N–H and O–H groups in total. The van der Waals surface area contributed by atoms with Gasteiger partial charge in [-0.05, 0) is 84.3 Å². The summed E-state index contributed by atoms with van der Waals surface area (Å²) in [6.45, 7) is 1.75. The smallest absolute Gasteiger partial charge is 0.261 e. The van der Waals surface area contributed by atoms with Crippen LogP contribution in [0.15, 0.2) is 42.5 Å². The van der Waals surface area contributed by atoms with Crippen molar-refractivity contribution in [2.75, 3.05) is 6.61 Å². The summed E-state index contributed by atoms with van der Waals surface area (Å²) < 4.78 is 6.77. The molecule has 0 spiro atoms. The zero-order chi connectivity index (χ0) is 23.1. The van der Waals surface area contributed by atoms with E-state index in [1.807, 2.05) is 24.3 Å². The molecule has 5 nitrogen and oxygen atoms in total. The first-order valence-corrected chi connectivity index (χ1v) is 12.6. The standard InChI is InChI=1S/C24H27Cl2IN2O3/c1-16(24(31)28-20-5-3-2-4-6-20)29(14-17-7-8-18(25)13-22(17)26)23(30)15-32-21-11-9-19(27)10-12-21/h7-13,16,20H,2-6,14-15H2,1H3,(H,28,31)/t16-/m1/s1. The Bertz CT molecular complexity index is 933. The van der Waals surface area contributed by atoms with Crippen LogP contribution in [0.4, 0.5) is 0 Å². The second-order valence-electron chi connectivity index (χ2n) is 8.02. The highest BCUT2D eigenvalue weighted by molar-refractivity contribution is 14.1. The predicted molar refractivity (Wildman–Crippen MR) is 136 cm³/mol. The molecule has 0 saturated heterocycles. The first kappa shape index (κ1) is 25.1. The molecule has 0 aromatic heterocycles. The number of hydrogen-bond donors (Lipinski definition) is 1. The summed E-state index contributed by atoms with van der Waals surface area (Å²) >= 11 is 14.6. The van der Waals surface area contributed by atoms with Crippen molar-refractivity contribution >= 4 is 57.6 Å². The van der Waals surface area contributed by atoms with Gasteiger partial charge in [0.1, 0.15) is 11.8 Å². The maximum absolute atomic E-state index is 13.2. The Morgan fingerprint density at radius 3 is 2.47 bits per heavy atom. The monoisotopic (exact) mass is 588 g/mol. The van der Waals surface area contributed by atoms with Crippen molar-refractivity contribution in [3.8, 4) is 5.75 Å². The van der Waals surface area contributed by atoms with E-state index in [2.05, 4.69) is 27.9 Å². The number of ether oxygens (including phenoxy) is 1. The van der Waals surface area contributed by atoms with E-state index in [9.17, 15) is 9.59 Å². The molecule has 0 aliphatic heterocycles. The van der Waals surface area contributed by atoms with Gasteiger partial charge in [0.2, 0.25) is 5.91 Å². The van der Waals surface area contributed by atoms with Gasteiger partial charge in [0.05, 0.1) is 0 Å². The van der Waals surface area contributed by atoms with E-state index in [1.165, 1.54) is 11.3 Å². The van der Waals surface area contributed by atoms with Crippen LogP contribution in [0, 0.1) is 3.57 Å². The number of nitrogens with one attached hydrogen (secondary N) is 1. The minimum Gasteiger partial charge on any atom is -0.484 e. The lowest BCUT2D eigenvalue weighted by Gasteiger charge is -2.31. The highest BCUT2D eigenvalue weighted by atomic mass is 127. The van der Waals surface area contributed by atoms with Gasteiger partial charge in [-0.25, -0.2) is 0 Å². The summed E-state index contributed by atoms with van der Waals surface area (Å²) in [4.78, 5) is 27.7. The van der Waals surface area contributed by atoms with Gasteiger partial charge in [0.15, 0.2) is 6.61 Å². The largest absolute Gasteiger partial charge is 0.484 e. The molecular formula is C24H27Cl2IN2O3. The van der Waals surface area contributed by atoms with Crippen LogP contribution in [0.1, 0.15) is 44.6 Å². The molecule has 2 aromatic rings. The van der Waals surface area contributed by atoms with Gasteiger partial charge >= 0.3 is 0 Å². The molecule has 172 valence electrons. The van der Waals surface area contributed by atoms with Gasteiger partial charge < -0.3 is 15.0 Å². The predicted octanol–water partition coefficient (Wildman–Crippen LogP) is 5.84. The number of benzene rings is 2. The van der Waals surface area contributed by atoms with Crippen LogP contribution in [0.5, 0.6) is 5.75 Å². The Kier molecular flexibility index (Phi) is 9.49. The molecule has 8 heteroatoms. The highest BCUT2D eigenvalue weighted by Crippen LogP contribution is 2.24. The lowest BCUT2D eigenvalue weighted by Crippen LogP contribution is -2.51. The number of halogens is 3. The van der Waals surface area contributed by atoms with Gasteiger partial charge in [-0.1, -0.05) is 48.5 Å². The Hall–Kier alpha value is -1.51. The van der Waals surface area contributed by atoms with Crippen molar-refractivity contribution in [2.45, 2.75) is 57.7 Å². The van der Waals surface area contributed by atoms with E-state index in [4.69, 9.17) is 27.9 Å². The first-order chi connectivity index (χ1) is 15.3. The lowest BCUT2D eigenvalue weighted by atomic mass is 9.95. The van der Waals surface area contributed by atoms with Gasteiger partial charge in [0.25, 0.3) is 5.91 Å². The Balaban J connectivity index is 1.73. The molecule has 0 bridgehead atoms. The number of rotatable bonds is 8. The van der Waals surface area contributed by atoms with E-state index in [-0.39, 0.29) is 31.0 Å². The molecule has 1 aliphatic carbocycles. The van der Waals surface area contributed by atoms with Crippen LogP contribution in [0.25, 0.3) is 0 Å². The maximum Gasteiger partial charge on any atom is 0.261 e. The molecule has 32 heavy (non-hydrogen) atoms. The van der Waals surface area contributed by atoms with Crippen molar-refractivity contribution in [2.24, 2.45) is 0 Å². The molecule has 1 aliphatic rings. The summed E-state index contributed by atoms with van der Waals surface area (Å²) in [6, 6.07) is 12.1. The second-order valence-corrected chi connectivity index (χ2v) is 10.1. The van der Waals surface area contributed by atoms with E-state index >= 15 is 0 Å².